The Hall–Kier alpha value is -2.89. The molecule has 6 heteroatoms. The molecule has 2 aromatic rings. The van der Waals surface area contributed by atoms with E-state index < -0.39 is 0 Å². The second-order valence-electron chi connectivity index (χ2n) is 5.54. The van der Waals surface area contributed by atoms with E-state index in [-0.39, 0.29) is 0 Å². The van der Waals surface area contributed by atoms with Crippen molar-refractivity contribution in [2.45, 2.75) is 20.0 Å². The van der Waals surface area contributed by atoms with Gasteiger partial charge in [0.05, 0.1) is 40.0 Å². The van der Waals surface area contributed by atoms with Crippen LogP contribution in [-0.2, 0) is 13.1 Å². The molecular formula is C20H27N3O3. The van der Waals surface area contributed by atoms with Gasteiger partial charge in [0, 0.05) is 18.7 Å². The summed E-state index contributed by atoms with van der Waals surface area (Å²) in [5, 5.41) is 6.59. The van der Waals surface area contributed by atoms with Crippen molar-refractivity contribution in [3.8, 4) is 17.2 Å². The van der Waals surface area contributed by atoms with Gasteiger partial charge in [0.2, 0.25) is 0 Å². The van der Waals surface area contributed by atoms with Crippen LogP contribution in [0.3, 0.4) is 0 Å². The van der Waals surface area contributed by atoms with Crippen molar-refractivity contribution in [3.05, 3.63) is 53.6 Å². The summed E-state index contributed by atoms with van der Waals surface area (Å²) < 4.78 is 16.3. The summed E-state index contributed by atoms with van der Waals surface area (Å²) in [6, 6.07) is 13.8. The number of benzene rings is 2. The topological polar surface area (TPSA) is 64.1 Å². The predicted octanol–water partition coefficient (Wildman–Crippen LogP) is 2.97. The maximum absolute atomic E-state index is 5.49. The number of hydrogen-bond acceptors (Lipinski definition) is 4. The largest absolute Gasteiger partial charge is 0.496 e. The average molecular weight is 357 g/mol. The molecule has 2 aromatic carbocycles. The quantitative estimate of drug-likeness (QED) is 0.562. The van der Waals surface area contributed by atoms with Crippen LogP contribution in [0, 0.1) is 0 Å². The minimum absolute atomic E-state index is 0.511. The van der Waals surface area contributed by atoms with Gasteiger partial charge in [-0.15, -0.1) is 0 Å². The number of aliphatic imine (C=N–C) groups is 1. The Balaban J connectivity index is 2.15. The van der Waals surface area contributed by atoms with Crippen LogP contribution >= 0.6 is 0 Å². The zero-order chi connectivity index (χ0) is 18.8. The molecule has 0 fully saturated rings. The van der Waals surface area contributed by atoms with Gasteiger partial charge >= 0.3 is 0 Å². The first-order valence-electron chi connectivity index (χ1n) is 8.56. The third kappa shape index (κ3) is 5.31. The minimum Gasteiger partial charge on any atom is -0.496 e. The molecule has 0 atom stereocenters. The monoisotopic (exact) mass is 357 g/mol. The summed E-state index contributed by atoms with van der Waals surface area (Å²) in [6.07, 6.45) is 0. The van der Waals surface area contributed by atoms with Gasteiger partial charge in [-0.2, -0.15) is 0 Å². The molecule has 0 aliphatic rings. The van der Waals surface area contributed by atoms with Crippen molar-refractivity contribution in [3.63, 3.8) is 0 Å². The molecule has 0 aliphatic carbocycles. The number of methoxy groups -OCH3 is 3. The van der Waals surface area contributed by atoms with Gasteiger partial charge in [0.15, 0.2) is 5.96 Å². The van der Waals surface area contributed by atoms with Crippen LogP contribution in [-0.4, -0.2) is 33.8 Å². The number of guanidine groups is 1. The summed E-state index contributed by atoms with van der Waals surface area (Å²) in [6.45, 7) is 3.93. The Bertz CT molecular complexity index is 692. The summed E-state index contributed by atoms with van der Waals surface area (Å²) >= 11 is 0. The van der Waals surface area contributed by atoms with Gasteiger partial charge in [-0.25, -0.2) is 4.99 Å². The highest BCUT2D eigenvalue weighted by Crippen LogP contribution is 2.33. The molecule has 2 N–H and O–H groups in total. The number of rotatable bonds is 8. The van der Waals surface area contributed by atoms with Crippen LogP contribution in [0.5, 0.6) is 17.2 Å². The molecule has 0 bridgehead atoms. The summed E-state index contributed by atoms with van der Waals surface area (Å²) in [5.74, 6) is 2.82. The molecule has 26 heavy (non-hydrogen) atoms. The van der Waals surface area contributed by atoms with E-state index in [0.717, 1.165) is 23.6 Å². The molecule has 140 valence electrons. The lowest BCUT2D eigenvalue weighted by atomic mass is 10.1. The van der Waals surface area contributed by atoms with Crippen LogP contribution in [0.2, 0.25) is 0 Å². The van der Waals surface area contributed by atoms with Crippen LogP contribution in [0.15, 0.2) is 47.5 Å². The first-order chi connectivity index (χ1) is 12.7. The van der Waals surface area contributed by atoms with Crippen molar-refractivity contribution in [1.29, 1.82) is 0 Å². The van der Waals surface area contributed by atoms with Gasteiger partial charge in [-0.3, -0.25) is 0 Å². The molecule has 0 unspecified atom stereocenters. The number of nitrogens with one attached hydrogen (secondary N) is 2. The molecule has 2 rings (SSSR count). The molecule has 0 saturated heterocycles. The van der Waals surface area contributed by atoms with E-state index in [2.05, 4.69) is 27.8 Å². The predicted molar refractivity (Wildman–Crippen MR) is 104 cm³/mol. The van der Waals surface area contributed by atoms with E-state index in [9.17, 15) is 0 Å². The van der Waals surface area contributed by atoms with Gasteiger partial charge in [0.25, 0.3) is 0 Å². The second kappa shape index (κ2) is 10.2. The van der Waals surface area contributed by atoms with E-state index in [1.165, 1.54) is 0 Å². The zero-order valence-corrected chi connectivity index (χ0v) is 15.8. The molecule has 0 heterocycles. The molecule has 0 aromatic heterocycles. The van der Waals surface area contributed by atoms with Crippen LogP contribution in [0.25, 0.3) is 0 Å². The highest BCUT2D eigenvalue weighted by atomic mass is 16.5. The van der Waals surface area contributed by atoms with Crippen LogP contribution in [0.1, 0.15) is 18.1 Å². The highest BCUT2D eigenvalue weighted by molar-refractivity contribution is 5.80. The zero-order valence-electron chi connectivity index (χ0n) is 15.8. The van der Waals surface area contributed by atoms with Gasteiger partial charge in [-0.1, -0.05) is 30.3 Å². The fourth-order valence-electron chi connectivity index (χ4n) is 2.52. The minimum atomic E-state index is 0.511. The maximum Gasteiger partial charge on any atom is 0.191 e. The van der Waals surface area contributed by atoms with Crippen LogP contribution in [0.4, 0.5) is 0 Å². The van der Waals surface area contributed by atoms with Crippen molar-refractivity contribution in [2.24, 2.45) is 4.99 Å². The van der Waals surface area contributed by atoms with E-state index in [1.807, 2.05) is 37.3 Å². The average Bonchev–Trinajstić information content (AvgIpc) is 2.70. The fourth-order valence-corrected chi connectivity index (χ4v) is 2.52. The lowest BCUT2D eigenvalue weighted by molar-refractivity contribution is 0.368. The summed E-state index contributed by atoms with van der Waals surface area (Å²) in [5.41, 5.74) is 2.06. The van der Waals surface area contributed by atoms with Gasteiger partial charge < -0.3 is 24.8 Å². The second-order valence-corrected chi connectivity index (χ2v) is 5.54. The SMILES string of the molecule is CCNC(=NCc1ccccc1)NCc1c(OC)cc(OC)cc1OC. The van der Waals surface area contributed by atoms with E-state index >= 15 is 0 Å². The Morgan fingerprint density at radius 3 is 2.12 bits per heavy atom. The molecule has 0 aliphatic heterocycles. The lowest BCUT2D eigenvalue weighted by Gasteiger charge is -2.17. The van der Waals surface area contributed by atoms with Gasteiger partial charge in [-0.05, 0) is 12.5 Å². The van der Waals surface area contributed by atoms with E-state index in [4.69, 9.17) is 14.2 Å². The first kappa shape index (κ1) is 19.4. The number of hydrogen-bond donors (Lipinski definition) is 2. The smallest absolute Gasteiger partial charge is 0.191 e. The summed E-state index contributed by atoms with van der Waals surface area (Å²) in [7, 11) is 4.88. The Morgan fingerprint density at radius 2 is 1.58 bits per heavy atom. The Labute approximate surface area is 155 Å². The normalized spacial score (nSPS) is 11.0. The Morgan fingerprint density at radius 1 is 0.923 bits per heavy atom. The molecule has 0 amide bonds. The van der Waals surface area contributed by atoms with E-state index in [1.54, 1.807) is 21.3 Å². The standard InChI is InChI=1S/C20H27N3O3/c1-5-21-20(22-13-15-9-7-6-8-10-15)23-14-17-18(25-3)11-16(24-2)12-19(17)26-4/h6-12H,5,13-14H2,1-4H3,(H2,21,22,23). The number of nitrogens with zero attached hydrogens (tertiary/aromatic N) is 1. The lowest BCUT2D eigenvalue weighted by Crippen LogP contribution is -2.37. The van der Waals surface area contributed by atoms with Crippen molar-refractivity contribution in [1.82, 2.24) is 10.6 Å². The number of ether oxygens (including phenoxy) is 3. The van der Waals surface area contributed by atoms with Crippen molar-refractivity contribution < 1.29 is 14.2 Å². The highest BCUT2D eigenvalue weighted by Gasteiger charge is 2.13. The Kier molecular flexibility index (Phi) is 7.61. The molecule has 0 spiro atoms. The summed E-state index contributed by atoms with van der Waals surface area (Å²) in [4.78, 5) is 4.63. The molecule has 0 saturated carbocycles. The maximum atomic E-state index is 5.49. The molecule has 6 nitrogen and oxygen atoms in total. The van der Waals surface area contributed by atoms with Crippen LogP contribution < -0.4 is 24.8 Å². The third-order valence-electron chi connectivity index (χ3n) is 3.86. The van der Waals surface area contributed by atoms with E-state index in [0.29, 0.717) is 30.3 Å². The first-order valence-corrected chi connectivity index (χ1v) is 8.56. The molecule has 0 radical (unpaired) electrons. The molecular weight excluding hydrogens is 330 g/mol. The van der Waals surface area contributed by atoms with Gasteiger partial charge in [0.1, 0.15) is 17.2 Å². The third-order valence-corrected chi connectivity index (χ3v) is 3.86. The fraction of sp³-hybridized carbons (Fsp3) is 0.350. The van der Waals surface area contributed by atoms with Crippen molar-refractivity contribution in [2.75, 3.05) is 27.9 Å². The van der Waals surface area contributed by atoms with Crippen molar-refractivity contribution >= 4 is 5.96 Å².